The standard InChI is InChI=1S/C11H14BrN5O3S/c1-2-3-13-11-9(4-8(12)5-14-11)21(18,19)16-6-10-15-7-20-17-10/h4-5,7,16H,2-3,6H2,1H3,(H,13,14). The highest BCUT2D eigenvalue weighted by Gasteiger charge is 2.20. The van der Waals surface area contributed by atoms with Crippen molar-refractivity contribution in [3.63, 3.8) is 0 Å². The molecule has 2 aromatic heterocycles. The highest BCUT2D eigenvalue weighted by Crippen LogP contribution is 2.22. The normalized spacial score (nSPS) is 11.5. The Balaban J connectivity index is 2.23. The van der Waals surface area contributed by atoms with Crippen molar-refractivity contribution < 1.29 is 12.9 Å². The van der Waals surface area contributed by atoms with Crippen LogP contribution in [0, 0.1) is 0 Å². The molecule has 0 saturated heterocycles. The van der Waals surface area contributed by atoms with Gasteiger partial charge in [0.1, 0.15) is 10.7 Å². The molecule has 0 aliphatic carbocycles. The predicted molar refractivity (Wildman–Crippen MR) is 79.0 cm³/mol. The van der Waals surface area contributed by atoms with E-state index in [0.717, 1.165) is 12.8 Å². The van der Waals surface area contributed by atoms with Gasteiger partial charge in [0.25, 0.3) is 0 Å². The van der Waals surface area contributed by atoms with E-state index in [1.807, 2.05) is 6.92 Å². The fourth-order valence-corrected chi connectivity index (χ4v) is 3.13. The lowest BCUT2D eigenvalue weighted by Gasteiger charge is -2.11. The van der Waals surface area contributed by atoms with Gasteiger partial charge in [-0.1, -0.05) is 12.1 Å². The van der Waals surface area contributed by atoms with E-state index in [4.69, 9.17) is 0 Å². The number of halogens is 1. The third-order valence-corrected chi connectivity index (χ3v) is 4.33. The summed E-state index contributed by atoms with van der Waals surface area (Å²) in [5.74, 6) is 0.560. The molecule has 0 spiro atoms. The maximum absolute atomic E-state index is 12.4. The Labute approximate surface area is 130 Å². The average molecular weight is 376 g/mol. The van der Waals surface area contributed by atoms with E-state index in [1.54, 1.807) is 0 Å². The number of anilines is 1. The maximum atomic E-state index is 12.4. The van der Waals surface area contributed by atoms with E-state index in [1.165, 1.54) is 12.3 Å². The van der Waals surface area contributed by atoms with Crippen LogP contribution in [0.5, 0.6) is 0 Å². The molecule has 2 aromatic rings. The number of hydrogen-bond donors (Lipinski definition) is 2. The summed E-state index contributed by atoms with van der Waals surface area (Å²) in [6.07, 6.45) is 3.53. The van der Waals surface area contributed by atoms with Crippen LogP contribution in [-0.2, 0) is 16.6 Å². The Kier molecular flexibility index (Phi) is 5.26. The Morgan fingerprint density at radius 2 is 2.19 bits per heavy atom. The van der Waals surface area contributed by atoms with Crippen LogP contribution >= 0.6 is 15.9 Å². The van der Waals surface area contributed by atoms with Crippen LogP contribution < -0.4 is 10.0 Å². The quantitative estimate of drug-likeness (QED) is 0.754. The van der Waals surface area contributed by atoms with Crippen molar-refractivity contribution in [1.29, 1.82) is 0 Å². The van der Waals surface area contributed by atoms with Gasteiger partial charge in [-0.25, -0.2) is 18.1 Å². The van der Waals surface area contributed by atoms with Crippen LogP contribution in [0.25, 0.3) is 0 Å². The molecule has 2 heterocycles. The van der Waals surface area contributed by atoms with Gasteiger partial charge < -0.3 is 9.84 Å². The molecule has 8 nitrogen and oxygen atoms in total. The molecule has 0 aliphatic heterocycles. The topological polar surface area (TPSA) is 110 Å². The van der Waals surface area contributed by atoms with Gasteiger partial charge in [0.15, 0.2) is 5.82 Å². The van der Waals surface area contributed by atoms with Gasteiger partial charge in [0.05, 0.1) is 6.54 Å². The molecule has 21 heavy (non-hydrogen) atoms. The third kappa shape index (κ3) is 4.22. The monoisotopic (exact) mass is 375 g/mol. The van der Waals surface area contributed by atoms with Gasteiger partial charge in [-0.2, -0.15) is 4.98 Å². The molecule has 0 bridgehead atoms. The van der Waals surface area contributed by atoms with E-state index in [0.29, 0.717) is 16.8 Å². The van der Waals surface area contributed by atoms with E-state index in [-0.39, 0.29) is 17.3 Å². The first-order chi connectivity index (χ1) is 10.0. The minimum atomic E-state index is -3.75. The maximum Gasteiger partial charge on any atom is 0.244 e. The molecule has 10 heteroatoms. The molecule has 0 atom stereocenters. The largest absolute Gasteiger partial charge is 0.369 e. The van der Waals surface area contributed by atoms with Gasteiger partial charge in [-0.15, -0.1) is 0 Å². The van der Waals surface area contributed by atoms with Crippen molar-refractivity contribution in [1.82, 2.24) is 19.8 Å². The van der Waals surface area contributed by atoms with E-state index in [9.17, 15) is 8.42 Å². The predicted octanol–water partition coefficient (Wildman–Crippen LogP) is 1.53. The Bertz CT molecular complexity index is 690. The second-order valence-corrected chi connectivity index (χ2v) is 6.75. The van der Waals surface area contributed by atoms with Gasteiger partial charge in [0.2, 0.25) is 16.4 Å². The molecule has 0 saturated carbocycles. The zero-order valence-electron chi connectivity index (χ0n) is 11.2. The number of rotatable bonds is 7. The van der Waals surface area contributed by atoms with Crippen LogP contribution in [-0.4, -0.2) is 30.1 Å². The summed E-state index contributed by atoms with van der Waals surface area (Å²) >= 11 is 3.22. The van der Waals surface area contributed by atoms with Gasteiger partial charge in [-0.05, 0) is 28.4 Å². The summed E-state index contributed by atoms with van der Waals surface area (Å²) in [6.45, 7) is 2.55. The summed E-state index contributed by atoms with van der Waals surface area (Å²) in [4.78, 5) is 7.92. The van der Waals surface area contributed by atoms with Crippen molar-refractivity contribution in [3.05, 3.63) is 29.0 Å². The van der Waals surface area contributed by atoms with Crippen molar-refractivity contribution in [2.75, 3.05) is 11.9 Å². The lowest BCUT2D eigenvalue weighted by atomic mass is 10.4. The highest BCUT2D eigenvalue weighted by molar-refractivity contribution is 9.10. The molecule has 114 valence electrons. The molecule has 0 radical (unpaired) electrons. The highest BCUT2D eigenvalue weighted by atomic mass is 79.9. The number of nitrogens with zero attached hydrogens (tertiary/aromatic N) is 3. The summed E-state index contributed by atoms with van der Waals surface area (Å²) in [5.41, 5.74) is 0. The molecule has 0 amide bonds. The van der Waals surface area contributed by atoms with Crippen LogP contribution in [0.1, 0.15) is 19.2 Å². The van der Waals surface area contributed by atoms with Crippen molar-refractivity contribution in [3.8, 4) is 0 Å². The number of nitrogens with one attached hydrogen (secondary N) is 2. The minimum Gasteiger partial charge on any atom is -0.369 e. The lowest BCUT2D eigenvalue weighted by molar-refractivity contribution is 0.409. The van der Waals surface area contributed by atoms with E-state index < -0.39 is 10.0 Å². The van der Waals surface area contributed by atoms with Gasteiger partial charge >= 0.3 is 0 Å². The van der Waals surface area contributed by atoms with Crippen molar-refractivity contribution in [2.24, 2.45) is 0 Å². The first-order valence-electron chi connectivity index (χ1n) is 6.17. The van der Waals surface area contributed by atoms with Crippen LogP contribution in [0.2, 0.25) is 0 Å². The zero-order chi connectivity index (χ0) is 15.3. The van der Waals surface area contributed by atoms with Crippen molar-refractivity contribution in [2.45, 2.75) is 24.8 Å². The number of aromatic nitrogens is 3. The summed E-state index contributed by atoms with van der Waals surface area (Å²) in [6, 6.07) is 1.49. The molecule has 2 rings (SSSR count). The number of hydrogen-bond acceptors (Lipinski definition) is 7. The second kappa shape index (κ2) is 6.96. The Hall–Kier alpha value is -1.52. The smallest absolute Gasteiger partial charge is 0.244 e. The molecule has 2 N–H and O–H groups in total. The van der Waals surface area contributed by atoms with Crippen LogP contribution in [0.3, 0.4) is 0 Å². The Morgan fingerprint density at radius 1 is 1.38 bits per heavy atom. The second-order valence-electron chi connectivity index (χ2n) is 4.10. The first kappa shape index (κ1) is 15.9. The molecule has 0 fully saturated rings. The fourth-order valence-electron chi connectivity index (χ4n) is 1.51. The average Bonchev–Trinajstić information content (AvgIpc) is 2.97. The third-order valence-electron chi connectivity index (χ3n) is 2.48. The Morgan fingerprint density at radius 3 is 2.86 bits per heavy atom. The molecule has 0 unspecified atom stereocenters. The molecular weight excluding hydrogens is 362 g/mol. The number of sulfonamides is 1. The van der Waals surface area contributed by atoms with Crippen LogP contribution in [0.15, 0.2) is 32.5 Å². The zero-order valence-corrected chi connectivity index (χ0v) is 13.6. The number of pyridine rings is 1. The van der Waals surface area contributed by atoms with Crippen molar-refractivity contribution >= 4 is 31.8 Å². The summed E-state index contributed by atoms with van der Waals surface area (Å²) < 4.78 is 32.3. The summed E-state index contributed by atoms with van der Waals surface area (Å²) in [7, 11) is -3.75. The SMILES string of the molecule is CCCNc1ncc(Br)cc1S(=O)(=O)NCc1ncon1. The lowest BCUT2D eigenvalue weighted by Crippen LogP contribution is -2.25. The van der Waals surface area contributed by atoms with Gasteiger partial charge in [0, 0.05) is 17.2 Å². The van der Waals surface area contributed by atoms with Gasteiger partial charge in [-0.3, -0.25) is 0 Å². The van der Waals surface area contributed by atoms with E-state index >= 15 is 0 Å². The molecular formula is C11H14BrN5O3S. The molecule has 0 aromatic carbocycles. The summed E-state index contributed by atoms with van der Waals surface area (Å²) in [5, 5.41) is 6.54. The van der Waals surface area contributed by atoms with E-state index in [2.05, 4.69) is 45.6 Å². The first-order valence-corrected chi connectivity index (χ1v) is 8.45. The molecule has 0 aliphatic rings. The minimum absolute atomic E-state index is 0.0570. The van der Waals surface area contributed by atoms with Crippen LogP contribution in [0.4, 0.5) is 5.82 Å². The fraction of sp³-hybridized carbons (Fsp3) is 0.364.